The maximum atomic E-state index is 12.1. The molecule has 0 heterocycles. The van der Waals surface area contributed by atoms with E-state index in [0.29, 0.717) is 36.5 Å². The topological polar surface area (TPSA) is 52.6 Å². The van der Waals surface area contributed by atoms with Crippen molar-refractivity contribution in [2.45, 2.75) is 38.7 Å². The molecule has 0 amide bonds. The zero-order valence-corrected chi connectivity index (χ0v) is 13.2. The van der Waals surface area contributed by atoms with E-state index in [1.165, 1.54) is 6.08 Å². The van der Waals surface area contributed by atoms with Crippen molar-refractivity contribution in [3.63, 3.8) is 0 Å². The van der Waals surface area contributed by atoms with Crippen molar-refractivity contribution in [2.24, 2.45) is 5.92 Å². The molecule has 0 bridgehead atoms. The summed E-state index contributed by atoms with van der Waals surface area (Å²) in [6, 6.07) is 6.71. The van der Waals surface area contributed by atoms with Crippen molar-refractivity contribution in [2.75, 3.05) is 0 Å². The number of carbonyl (C=O) groups is 2. The average molecular weight is 323 g/mol. The average Bonchev–Trinajstić information content (AvgIpc) is 2.50. The predicted molar refractivity (Wildman–Crippen MR) is 83.7 cm³/mol. The maximum Gasteiger partial charge on any atom is 0.330 e. The van der Waals surface area contributed by atoms with E-state index in [2.05, 4.69) is 0 Å². The van der Waals surface area contributed by atoms with E-state index in [1.807, 2.05) is 0 Å². The van der Waals surface area contributed by atoms with Gasteiger partial charge in [0.15, 0.2) is 0 Å². The van der Waals surface area contributed by atoms with Gasteiger partial charge in [0.1, 0.15) is 11.9 Å². The number of rotatable bonds is 4. The molecule has 1 aliphatic rings. The Morgan fingerprint density at radius 3 is 2.36 bits per heavy atom. The summed E-state index contributed by atoms with van der Waals surface area (Å²) in [4.78, 5) is 23.5. The van der Waals surface area contributed by atoms with E-state index < -0.39 is 0 Å². The van der Waals surface area contributed by atoms with Crippen LogP contribution in [0, 0.1) is 5.92 Å². The van der Waals surface area contributed by atoms with Crippen LogP contribution in [0.1, 0.15) is 32.6 Å². The van der Waals surface area contributed by atoms with Gasteiger partial charge in [0.05, 0.1) is 5.92 Å². The second kappa shape index (κ2) is 7.99. The number of esters is 2. The van der Waals surface area contributed by atoms with Gasteiger partial charge in [-0.05, 0) is 56.9 Å². The fourth-order valence-corrected chi connectivity index (χ4v) is 2.58. The number of halogens is 1. The number of benzene rings is 1. The molecule has 5 heteroatoms. The van der Waals surface area contributed by atoms with Crippen molar-refractivity contribution in [3.8, 4) is 5.75 Å². The summed E-state index contributed by atoms with van der Waals surface area (Å²) in [6.07, 6.45) is 5.65. The van der Waals surface area contributed by atoms with Gasteiger partial charge in [-0.15, -0.1) is 0 Å². The molecule has 0 N–H and O–H groups in total. The van der Waals surface area contributed by atoms with Crippen molar-refractivity contribution >= 4 is 23.5 Å². The largest absolute Gasteiger partial charge is 0.459 e. The summed E-state index contributed by atoms with van der Waals surface area (Å²) in [6.45, 7) is 1.77. The quantitative estimate of drug-likeness (QED) is 0.479. The molecule has 1 fully saturated rings. The van der Waals surface area contributed by atoms with Crippen LogP contribution >= 0.6 is 11.6 Å². The Kier molecular flexibility index (Phi) is 6.01. The third-order valence-corrected chi connectivity index (χ3v) is 3.88. The molecule has 1 saturated carbocycles. The van der Waals surface area contributed by atoms with Gasteiger partial charge in [-0.25, -0.2) is 4.79 Å². The first kappa shape index (κ1) is 16.6. The molecule has 0 radical (unpaired) electrons. The molecular weight excluding hydrogens is 304 g/mol. The van der Waals surface area contributed by atoms with Crippen LogP contribution in [-0.4, -0.2) is 18.0 Å². The molecule has 0 aliphatic heterocycles. The molecule has 1 aromatic rings. The summed E-state index contributed by atoms with van der Waals surface area (Å²) in [5, 5.41) is 0.600. The van der Waals surface area contributed by atoms with Crippen molar-refractivity contribution in [1.29, 1.82) is 0 Å². The molecule has 1 aliphatic carbocycles. The number of carbonyl (C=O) groups excluding carboxylic acids is 2. The molecule has 118 valence electrons. The van der Waals surface area contributed by atoms with Crippen LogP contribution < -0.4 is 4.74 Å². The summed E-state index contributed by atoms with van der Waals surface area (Å²) >= 11 is 5.79. The minimum atomic E-state index is -0.324. The number of ether oxygens (including phenoxy) is 2. The molecule has 0 saturated heterocycles. The van der Waals surface area contributed by atoms with Crippen molar-refractivity contribution < 1.29 is 19.1 Å². The third-order valence-electron chi connectivity index (χ3n) is 3.63. The zero-order valence-electron chi connectivity index (χ0n) is 12.5. The summed E-state index contributed by atoms with van der Waals surface area (Å²) in [5.74, 6) is -0.210. The van der Waals surface area contributed by atoms with Crippen molar-refractivity contribution in [1.82, 2.24) is 0 Å². The Morgan fingerprint density at radius 2 is 1.77 bits per heavy atom. The lowest BCUT2D eigenvalue weighted by molar-refractivity contribution is -0.147. The zero-order chi connectivity index (χ0) is 15.9. The van der Waals surface area contributed by atoms with Crippen LogP contribution in [0.5, 0.6) is 5.75 Å². The first-order chi connectivity index (χ1) is 10.6. The highest BCUT2D eigenvalue weighted by atomic mass is 35.5. The number of hydrogen-bond donors (Lipinski definition) is 0. The van der Waals surface area contributed by atoms with Gasteiger partial charge in [0.25, 0.3) is 0 Å². The van der Waals surface area contributed by atoms with Gasteiger partial charge in [0, 0.05) is 11.1 Å². The Hall–Kier alpha value is -1.81. The van der Waals surface area contributed by atoms with E-state index in [9.17, 15) is 9.59 Å². The fourth-order valence-electron chi connectivity index (χ4n) is 2.46. The molecule has 4 nitrogen and oxygen atoms in total. The summed E-state index contributed by atoms with van der Waals surface area (Å²) in [5.41, 5.74) is 0. The Bertz CT molecular complexity index is 542. The number of hydrogen-bond acceptors (Lipinski definition) is 4. The van der Waals surface area contributed by atoms with Crippen LogP contribution in [0.3, 0.4) is 0 Å². The van der Waals surface area contributed by atoms with Crippen LogP contribution in [0.15, 0.2) is 36.4 Å². The van der Waals surface area contributed by atoms with Gasteiger partial charge in [-0.3, -0.25) is 4.79 Å². The van der Waals surface area contributed by atoms with E-state index in [0.717, 1.165) is 0 Å². The Balaban J connectivity index is 1.79. The number of allylic oxidation sites excluding steroid dienone is 1. The molecule has 0 aromatic heterocycles. The second-order valence-corrected chi connectivity index (χ2v) is 5.72. The van der Waals surface area contributed by atoms with Gasteiger partial charge in [0.2, 0.25) is 0 Å². The van der Waals surface area contributed by atoms with Crippen LogP contribution in [0.25, 0.3) is 0 Å². The monoisotopic (exact) mass is 322 g/mol. The molecular formula is C17H19ClO4. The normalized spacial score (nSPS) is 21.5. The van der Waals surface area contributed by atoms with Gasteiger partial charge in [-0.1, -0.05) is 17.7 Å². The Morgan fingerprint density at radius 1 is 1.14 bits per heavy atom. The molecule has 0 atom stereocenters. The smallest absolute Gasteiger partial charge is 0.330 e. The highest BCUT2D eigenvalue weighted by Gasteiger charge is 2.29. The van der Waals surface area contributed by atoms with E-state index in [4.69, 9.17) is 21.1 Å². The van der Waals surface area contributed by atoms with Gasteiger partial charge >= 0.3 is 11.9 Å². The molecule has 0 spiro atoms. The predicted octanol–water partition coefficient (Wildman–Crippen LogP) is 3.92. The second-order valence-electron chi connectivity index (χ2n) is 5.29. The summed E-state index contributed by atoms with van der Waals surface area (Å²) < 4.78 is 10.6. The van der Waals surface area contributed by atoms with Crippen LogP contribution in [0.4, 0.5) is 0 Å². The molecule has 0 unspecified atom stereocenters. The lowest BCUT2D eigenvalue weighted by Crippen LogP contribution is -2.29. The van der Waals surface area contributed by atoms with Crippen molar-refractivity contribution in [3.05, 3.63) is 41.4 Å². The van der Waals surface area contributed by atoms with E-state index in [1.54, 1.807) is 37.3 Å². The third kappa shape index (κ3) is 4.88. The van der Waals surface area contributed by atoms with Gasteiger partial charge < -0.3 is 9.47 Å². The lowest BCUT2D eigenvalue weighted by atomic mass is 9.87. The summed E-state index contributed by atoms with van der Waals surface area (Å²) in [7, 11) is 0. The van der Waals surface area contributed by atoms with E-state index in [-0.39, 0.29) is 24.0 Å². The molecule has 1 aromatic carbocycles. The van der Waals surface area contributed by atoms with E-state index >= 15 is 0 Å². The lowest BCUT2D eigenvalue weighted by Gasteiger charge is -2.26. The standard InChI is InChI=1S/C17H19ClO4/c1-2-3-16(19)21-14-8-4-12(5-9-14)17(20)22-15-10-6-13(18)7-11-15/h2-3,6-7,10-12,14H,4-5,8-9H2,1H3. The molecule has 2 rings (SSSR count). The highest BCUT2D eigenvalue weighted by Crippen LogP contribution is 2.28. The van der Waals surface area contributed by atoms with Crippen LogP contribution in [0.2, 0.25) is 5.02 Å². The maximum absolute atomic E-state index is 12.1. The first-order valence-electron chi connectivity index (χ1n) is 7.39. The Labute approximate surface area is 135 Å². The van der Waals surface area contributed by atoms with Gasteiger partial charge in [-0.2, -0.15) is 0 Å². The molecule has 22 heavy (non-hydrogen) atoms. The SMILES string of the molecule is CC=CC(=O)OC1CCC(C(=O)Oc2ccc(Cl)cc2)CC1. The highest BCUT2D eigenvalue weighted by molar-refractivity contribution is 6.30. The minimum Gasteiger partial charge on any atom is -0.459 e. The fraction of sp³-hybridized carbons (Fsp3) is 0.412. The van der Waals surface area contributed by atoms with Crippen LogP contribution in [-0.2, 0) is 14.3 Å². The minimum absolute atomic E-state index is 0.108. The first-order valence-corrected chi connectivity index (χ1v) is 7.77.